The van der Waals surface area contributed by atoms with Crippen molar-refractivity contribution in [2.75, 3.05) is 14.2 Å². The number of ether oxygens (including phenoxy) is 2. The average molecular weight is 421 g/mol. The molecule has 0 fully saturated rings. The third kappa shape index (κ3) is 4.60. The van der Waals surface area contributed by atoms with Crippen molar-refractivity contribution >= 4 is 23.1 Å². The SMILES string of the molecule is COc1ccc(-c2csc(-c3ccnc(SCc4ccccc4)c3)n2)c(OC)c1. The van der Waals surface area contributed by atoms with Gasteiger partial charge in [0.05, 0.1) is 24.9 Å². The number of aromatic nitrogens is 2. The molecule has 0 amide bonds. The minimum Gasteiger partial charge on any atom is -0.497 e. The molecule has 2 aromatic carbocycles. The summed E-state index contributed by atoms with van der Waals surface area (Å²) in [7, 11) is 3.30. The molecule has 0 N–H and O–H groups in total. The van der Waals surface area contributed by atoms with Crippen molar-refractivity contribution in [1.29, 1.82) is 0 Å². The molecular formula is C23H20N2O2S2. The number of hydrogen-bond donors (Lipinski definition) is 0. The third-order valence-electron chi connectivity index (χ3n) is 4.40. The molecule has 29 heavy (non-hydrogen) atoms. The molecule has 2 heterocycles. The van der Waals surface area contributed by atoms with E-state index in [2.05, 4.69) is 40.7 Å². The maximum absolute atomic E-state index is 5.52. The van der Waals surface area contributed by atoms with Crippen LogP contribution in [-0.2, 0) is 5.75 Å². The fourth-order valence-corrected chi connectivity index (χ4v) is 4.56. The van der Waals surface area contributed by atoms with Crippen LogP contribution in [0.25, 0.3) is 21.8 Å². The van der Waals surface area contributed by atoms with Crippen LogP contribution in [0.5, 0.6) is 11.5 Å². The van der Waals surface area contributed by atoms with Gasteiger partial charge in [-0.2, -0.15) is 0 Å². The van der Waals surface area contributed by atoms with Crippen LogP contribution >= 0.6 is 23.1 Å². The lowest BCUT2D eigenvalue weighted by atomic mass is 10.1. The molecular weight excluding hydrogens is 400 g/mol. The minimum atomic E-state index is 0.745. The number of nitrogens with zero attached hydrogens (tertiary/aromatic N) is 2. The Kier molecular flexibility index (Phi) is 6.12. The highest BCUT2D eigenvalue weighted by atomic mass is 32.2. The second kappa shape index (κ2) is 9.11. The first-order chi connectivity index (χ1) is 14.3. The molecule has 0 aliphatic carbocycles. The zero-order valence-electron chi connectivity index (χ0n) is 16.2. The summed E-state index contributed by atoms with van der Waals surface area (Å²) in [5.74, 6) is 2.40. The van der Waals surface area contributed by atoms with Gasteiger partial charge in [0, 0.05) is 34.5 Å². The molecule has 4 nitrogen and oxygen atoms in total. The van der Waals surface area contributed by atoms with Crippen molar-refractivity contribution in [1.82, 2.24) is 9.97 Å². The molecule has 0 atom stereocenters. The number of thioether (sulfide) groups is 1. The first-order valence-electron chi connectivity index (χ1n) is 9.08. The van der Waals surface area contributed by atoms with Crippen molar-refractivity contribution in [3.8, 4) is 33.3 Å². The Balaban J connectivity index is 1.55. The van der Waals surface area contributed by atoms with Crippen LogP contribution in [-0.4, -0.2) is 24.2 Å². The van der Waals surface area contributed by atoms with Crippen LogP contribution in [0, 0.1) is 0 Å². The van der Waals surface area contributed by atoms with E-state index in [1.54, 1.807) is 37.3 Å². The molecule has 2 aromatic heterocycles. The molecule has 0 saturated heterocycles. The van der Waals surface area contributed by atoms with Crippen molar-refractivity contribution < 1.29 is 9.47 Å². The van der Waals surface area contributed by atoms with Crippen LogP contribution in [0.3, 0.4) is 0 Å². The molecule has 6 heteroatoms. The van der Waals surface area contributed by atoms with Crippen LogP contribution < -0.4 is 9.47 Å². The minimum absolute atomic E-state index is 0.745. The molecule has 146 valence electrons. The first kappa shape index (κ1) is 19.5. The predicted molar refractivity (Wildman–Crippen MR) is 120 cm³/mol. The summed E-state index contributed by atoms with van der Waals surface area (Å²) >= 11 is 3.34. The summed E-state index contributed by atoms with van der Waals surface area (Å²) < 4.78 is 10.8. The van der Waals surface area contributed by atoms with Crippen molar-refractivity contribution in [2.45, 2.75) is 10.8 Å². The van der Waals surface area contributed by atoms with Gasteiger partial charge < -0.3 is 9.47 Å². The van der Waals surface area contributed by atoms with Gasteiger partial charge in [-0.25, -0.2) is 9.97 Å². The predicted octanol–water partition coefficient (Wildman–Crippen LogP) is 6.18. The third-order valence-corrected chi connectivity index (χ3v) is 6.29. The number of pyridine rings is 1. The highest BCUT2D eigenvalue weighted by Crippen LogP contribution is 2.36. The number of hydrogen-bond acceptors (Lipinski definition) is 6. The second-order valence-electron chi connectivity index (χ2n) is 6.26. The highest BCUT2D eigenvalue weighted by Gasteiger charge is 2.13. The molecule has 0 aliphatic rings. The largest absolute Gasteiger partial charge is 0.497 e. The number of rotatable bonds is 7. The Hall–Kier alpha value is -2.83. The smallest absolute Gasteiger partial charge is 0.131 e. The Labute approximate surface area is 178 Å². The van der Waals surface area contributed by atoms with E-state index in [1.165, 1.54) is 5.56 Å². The van der Waals surface area contributed by atoms with Crippen LogP contribution in [0.2, 0.25) is 0 Å². The van der Waals surface area contributed by atoms with Gasteiger partial charge in [-0.05, 0) is 29.8 Å². The summed E-state index contributed by atoms with van der Waals surface area (Å²) in [5, 5.41) is 4.00. The molecule has 0 aliphatic heterocycles. The second-order valence-corrected chi connectivity index (χ2v) is 8.11. The average Bonchev–Trinajstić information content (AvgIpc) is 3.28. The van der Waals surface area contributed by atoms with Gasteiger partial charge in [0.2, 0.25) is 0 Å². The molecule has 0 unspecified atom stereocenters. The van der Waals surface area contributed by atoms with E-state index in [0.29, 0.717) is 0 Å². The molecule has 0 spiro atoms. The van der Waals surface area contributed by atoms with Crippen LogP contribution in [0.15, 0.2) is 77.3 Å². The van der Waals surface area contributed by atoms with Crippen LogP contribution in [0.4, 0.5) is 0 Å². The monoisotopic (exact) mass is 420 g/mol. The zero-order valence-corrected chi connectivity index (χ0v) is 17.8. The van der Waals surface area contributed by atoms with Crippen molar-refractivity contribution in [3.63, 3.8) is 0 Å². The molecule has 0 radical (unpaired) electrons. The summed E-state index contributed by atoms with van der Waals surface area (Å²) in [6.45, 7) is 0. The van der Waals surface area contributed by atoms with E-state index in [1.807, 2.05) is 36.5 Å². The van der Waals surface area contributed by atoms with E-state index in [0.717, 1.165) is 44.1 Å². The topological polar surface area (TPSA) is 44.2 Å². The van der Waals surface area contributed by atoms with E-state index in [-0.39, 0.29) is 0 Å². The lowest BCUT2D eigenvalue weighted by Crippen LogP contribution is -1.90. The summed E-state index contributed by atoms with van der Waals surface area (Å²) in [4.78, 5) is 9.33. The van der Waals surface area contributed by atoms with Crippen molar-refractivity contribution in [2.24, 2.45) is 0 Å². The number of methoxy groups -OCH3 is 2. The Morgan fingerprint density at radius 1 is 0.966 bits per heavy atom. The summed E-state index contributed by atoms with van der Waals surface area (Å²) in [6.07, 6.45) is 1.84. The Morgan fingerprint density at radius 3 is 2.62 bits per heavy atom. The molecule has 0 saturated carbocycles. The van der Waals surface area contributed by atoms with Gasteiger partial charge in [0.1, 0.15) is 16.5 Å². The molecule has 0 bridgehead atoms. The van der Waals surface area contributed by atoms with Gasteiger partial charge in [0.15, 0.2) is 0 Å². The van der Waals surface area contributed by atoms with Crippen LogP contribution in [0.1, 0.15) is 5.56 Å². The maximum atomic E-state index is 5.52. The quantitative estimate of drug-likeness (QED) is 0.334. The molecule has 4 rings (SSSR count). The zero-order chi connectivity index (χ0) is 20.1. The van der Waals surface area contributed by atoms with Gasteiger partial charge in [-0.3, -0.25) is 0 Å². The van der Waals surface area contributed by atoms with E-state index >= 15 is 0 Å². The van der Waals surface area contributed by atoms with E-state index in [4.69, 9.17) is 14.5 Å². The first-order valence-corrected chi connectivity index (χ1v) is 10.9. The lowest BCUT2D eigenvalue weighted by molar-refractivity contribution is 0.395. The number of thiazole rings is 1. The van der Waals surface area contributed by atoms with E-state index < -0.39 is 0 Å². The fraction of sp³-hybridized carbons (Fsp3) is 0.130. The standard InChI is InChI=1S/C23H20N2O2S2/c1-26-18-8-9-19(21(13-18)27-2)20-15-29-23(25-20)17-10-11-24-22(12-17)28-14-16-6-4-3-5-7-16/h3-13,15H,14H2,1-2H3. The van der Waals surface area contributed by atoms with Gasteiger partial charge >= 0.3 is 0 Å². The Bertz CT molecular complexity index is 1100. The summed E-state index contributed by atoms with van der Waals surface area (Å²) in [6, 6.07) is 20.3. The highest BCUT2D eigenvalue weighted by molar-refractivity contribution is 7.98. The molecule has 4 aromatic rings. The Morgan fingerprint density at radius 2 is 1.83 bits per heavy atom. The lowest BCUT2D eigenvalue weighted by Gasteiger charge is -2.08. The normalized spacial score (nSPS) is 10.7. The van der Waals surface area contributed by atoms with Gasteiger partial charge in [0.25, 0.3) is 0 Å². The van der Waals surface area contributed by atoms with Gasteiger partial charge in [-0.1, -0.05) is 30.3 Å². The van der Waals surface area contributed by atoms with E-state index in [9.17, 15) is 0 Å². The van der Waals surface area contributed by atoms with Gasteiger partial charge in [-0.15, -0.1) is 23.1 Å². The van der Waals surface area contributed by atoms with Crippen molar-refractivity contribution in [3.05, 3.63) is 77.8 Å². The number of benzene rings is 2. The fourth-order valence-electron chi connectivity index (χ4n) is 2.89. The summed E-state index contributed by atoms with van der Waals surface area (Å²) in [5.41, 5.74) is 4.19. The maximum Gasteiger partial charge on any atom is 0.131 e.